The molecule has 0 saturated carbocycles. The molecule has 2 rings (SSSR count). The van der Waals surface area contributed by atoms with Gasteiger partial charge in [0, 0.05) is 11.9 Å². The number of hydrogen-bond acceptors (Lipinski definition) is 3. The van der Waals surface area contributed by atoms with Crippen molar-refractivity contribution >= 4 is 10.8 Å². The lowest BCUT2D eigenvalue weighted by atomic mass is 10.1. The quantitative estimate of drug-likeness (QED) is 0.693. The molecule has 0 atom stereocenters. The smallest absolute Gasteiger partial charge is 0.272 e. The van der Waals surface area contributed by atoms with E-state index in [0.717, 1.165) is 16.6 Å². The second kappa shape index (κ2) is 3.23. The maximum atomic E-state index is 11.4. The molecule has 4 nitrogen and oxygen atoms in total. The molecule has 0 spiro atoms. The number of nitrogens with two attached hydrogens (primary N) is 1. The Morgan fingerprint density at radius 3 is 2.93 bits per heavy atom. The topological polar surface area (TPSA) is 71.8 Å². The molecule has 2 aromatic rings. The second-order valence-electron chi connectivity index (χ2n) is 3.25. The Morgan fingerprint density at radius 1 is 1.43 bits per heavy atom. The van der Waals surface area contributed by atoms with Gasteiger partial charge in [-0.3, -0.25) is 4.79 Å². The molecular formula is C10H11N3O. The number of rotatable bonds is 1. The van der Waals surface area contributed by atoms with E-state index in [4.69, 9.17) is 5.73 Å². The van der Waals surface area contributed by atoms with Gasteiger partial charge in [-0.2, -0.15) is 5.10 Å². The summed E-state index contributed by atoms with van der Waals surface area (Å²) in [5.74, 6) is 0. The minimum Gasteiger partial charge on any atom is -0.325 e. The summed E-state index contributed by atoms with van der Waals surface area (Å²) < 4.78 is 0. The fourth-order valence-corrected chi connectivity index (χ4v) is 1.49. The average Bonchev–Trinajstić information content (AvgIpc) is 2.19. The molecule has 4 heteroatoms. The minimum absolute atomic E-state index is 0.166. The summed E-state index contributed by atoms with van der Waals surface area (Å²) in [7, 11) is 0. The zero-order valence-corrected chi connectivity index (χ0v) is 7.87. The Kier molecular flexibility index (Phi) is 2.05. The Hall–Kier alpha value is -1.68. The zero-order valence-electron chi connectivity index (χ0n) is 7.87. The van der Waals surface area contributed by atoms with Gasteiger partial charge in [0.15, 0.2) is 0 Å². The average molecular weight is 189 g/mol. The van der Waals surface area contributed by atoms with Crippen molar-refractivity contribution < 1.29 is 0 Å². The number of aromatic nitrogens is 2. The Bertz CT molecular complexity index is 530. The number of aromatic amines is 1. The number of aryl methyl sites for hydroxylation is 1. The predicted molar refractivity (Wildman–Crippen MR) is 55.0 cm³/mol. The van der Waals surface area contributed by atoms with E-state index in [9.17, 15) is 4.79 Å². The van der Waals surface area contributed by atoms with Crippen molar-refractivity contribution in [3.63, 3.8) is 0 Å². The second-order valence-corrected chi connectivity index (χ2v) is 3.25. The predicted octanol–water partition coefficient (Wildman–Crippen LogP) is 0.690. The zero-order chi connectivity index (χ0) is 10.1. The third-order valence-corrected chi connectivity index (χ3v) is 2.22. The summed E-state index contributed by atoms with van der Waals surface area (Å²) >= 11 is 0. The van der Waals surface area contributed by atoms with Gasteiger partial charge in [-0.1, -0.05) is 17.7 Å². The van der Waals surface area contributed by atoms with E-state index >= 15 is 0 Å². The van der Waals surface area contributed by atoms with E-state index < -0.39 is 0 Å². The van der Waals surface area contributed by atoms with E-state index in [1.807, 2.05) is 25.1 Å². The maximum absolute atomic E-state index is 11.4. The van der Waals surface area contributed by atoms with Crippen LogP contribution in [0.15, 0.2) is 23.0 Å². The minimum atomic E-state index is -0.166. The molecule has 1 aromatic carbocycles. The molecular weight excluding hydrogens is 178 g/mol. The molecule has 0 fully saturated rings. The molecule has 0 aliphatic rings. The SMILES string of the molecule is Cc1ccc2c(CN)n[nH]c(=O)c2c1. The van der Waals surface area contributed by atoms with Gasteiger partial charge in [0.1, 0.15) is 0 Å². The van der Waals surface area contributed by atoms with Crippen LogP contribution in [-0.4, -0.2) is 10.2 Å². The van der Waals surface area contributed by atoms with E-state index in [1.54, 1.807) is 0 Å². The highest BCUT2D eigenvalue weighted by Gasteiger charge is 2.04. The molecule has 14 heavy (non-hydrogen) atoms. The molecule has 3 N–H and O–H groups in total. The van der Waals surface area contributed by atoms with Gasteiger partial charge in [-0.15, -0.1) is 0 Å². The summed E-state index contributed by atoms with van der Waals surface area (Å²) in [6.07, 6.45) is 0. The highest BCUT2D eigenvalue weighted by molar-refractivity contribution is 5.84. The standard InChI is InChI=1S/C10H11N3O/c1-6-2-3-7-8(4-6)10(14)13-12-9(7)5-11/h2-4H,5,11H2,1H3,(H,13,14). The fourth-order valence-electron chi connectivity index (χ4n) is 1.49. The van der Waals surface area contributed by atoms with Crippen LogP contribution in [0.3, 0.4) is 0 Å². The van der Waals surface area contributed by atoms with E-state index in [2.05, 4.69) is 10.2 Å². The van der Waals surface area contributed by atoms with Crippen molar-refractivity contribution in [2.75, 3.05) is 0 Å². The number of hydrogen-bond donors (Lipinski definition) is 2. The highest BCUT2D eigenvalue weighted by Crippen LogP contribution is 2.13. The highest BCUT2D eigenvalue weighted by atomic mass is 16.1. The number of nitrogens with one attached hydrogen (secondary N) is 1. The van der Waals surface area contributed by atoms with Crippen molar-refractivity contribution in [3.8, 4) is 0 Å². The van der Waals surface area contributed by atoms with Crippen LogP contribution in [0.4, 0.5) is 0 Å². The van der Waals surface area contributed by atoms with Crippen LogP contribution in [0.25, 0.3) is 10.8 Å². The van der Waals surface area contributed by atoms with Crippen LogP contribution in [0.1, 0.15) is 11.3 Å². The summed E-state index contributed by atoms with van der Waals surface area (Å²) in [5.41, 5.74) is 7.13. The van der Waals surface area contributed by atoms with Crippen LogP contribution in [0, 0.1) is 6.92 Å². The first-order valence-electron chi connectivity index (χ1n) is 4.40. The van der Waals surface area contributed by atoms with Gasteiger partial charge in [0.25, 0.3) is 5.56 Å². The molecule has 0 saturated heterocycles. The van der Waals surface area contributed by atoms with E-state index in [1.165, 1.54) is 0 Å². The molecule has 1 aromatic heterocycles. The van der Waals surface area contributed by atoms with Crippen molar-refractivity contribution in [1.82, 2.24) is 10.2 Å². The Morgan fingerprint density at radius 2 is 2.21 bits per heavy atom. The first-order valence-corrected chi connectivity index (χ1v) is 4.40. The molecule has 0 amide bonds. The van der Waals surface area contributed by atoms with Crippen LogP contribution in [0.2, 0.25) is 0 Å². The Labute approximate surface area is 80.8 Å². The molecule has 0 unspecified atom stereocenters. The lowest BCUT2D eigenvalue weighted by Crippen LogP contribution is -2.13. The number of H-pyrrole nitrogens is 1. The summed E-state index contributed by atoms with van der Waals surface area (Å²) in [4.78, 5) is 11.4. The molecule has 0 aliphatic carbocycles. The lowest BCUT2D eigenvalue weighted by Gasteiger charge is -2.02. The first-order chi connectivity index (χ1) is 6.72. The lowest BCUT2D eigenvalue weighted by molar-refractivity contribution is 0.900. The van der Waals surface area contributed by atoms with Crippen molar-refractivity contribution in [2.24, 2.45) is 5.73 Å². The van der Waals surface area contributed by atoms with Gasteiger partial charge < -0.3 is 5.73 Å². The number of benzene rings is 1. The van der Waals surface area contributed by atoms with Crippen LogP contribution >= 0.6 is 0 Å². The Balaban J connectivity index is 2.91. The largest absolute Gasteiger partial charge is 0.325 e. The summed E-state index contributed by atoms with van der Waals surface area (Å²) in [6.45, 7) is 2.28. The van der Waals surface area contributed by atoms with Crippen molar-refractivity contribution in [2.45, 2.75) is 13.5 Å². The molecule has 1 heterocycles. The summed E-state index contributed by atoms with van der Waals surface area (Å²) in [5, 5.41) is 7.82. The van der Waals surface area contributed by atoms with Gasteiger partial charge in [-0.25, -0.2) is 5.10 Å². The third-order valence-electron chi connectivity index (χ3n) is 2.22. The molecule has 0 radical (unpaired) electrons. The third kappa shape index (κ3) is 1.29. The van der Waals surface area contributed by atoms with Crippen molar-refractivity contribution in [3.05, 3.63) is 39.8 Å². The summed E-state index contributed by atoms with van der Waals surface area (Å²) in [6, 6.07) is 5.67. The van der Waals surface area contributed by atoms with Crippen LogP contribution in [0.5, 0.6) is 0 Å². The fraction of sp³-hybridized carbons (Fsp3) is 0.200. The van der Waals surface area contributed by atoms with Gasteiger partial charge >= 0.3 is 0 Å². The van der Waals surface area contributed by atoms with Crippen LogP contribution in [-0.2, 0) is 6.54 Å². The van der Waals surface area contributed by atoms with Gasteiger partial charge in [0.05, 0.1) is 11.1 Å². The molecule has 0 bridgehead atoms. The molecule has 0 aliphatic heterocycles. The van der Waals surface area contributed by atoms with Gasteiger partial charge in [-0.05, 0) is 13.0 Å². The van der Waals surface area contributed by atoms with Gasteiger partial charge in [0.2, 0.25) is 0 Å². The van der Waals surface area contributed by atoms with Crippen molar-refractivity contribution in [1.29, 1.82) is 0 Å². The maximum Gasteiger partial charge on any atom is 0.272 e. The number of nitrogens with zero attached hydrogens (tertiary/aromatic N) is 1. The van der Waals surface area contributed by atoms with E-state index in [0.29, 0.717) is 11.9 Å². The monoisotopic (exact) mass is 189 g/mol. The molecule has 72 valence electrons. The normalized spacial score (nSPS) is 10.7. The van der Waals surface area contributed by atoms with E-state index in [-0.39, 0.29) is 5.56 Å². The number of fused-ring (bicyclic) bond motifs is 1. The van der Waals surface area contributed by atoms with Crippen LogP contribution < -0.4 is 11.3 Å². The first kappa shape index (κ1) is 8.90.